The summed E-state index contributed by atoms with van der Waals surface area (Å²) in [7, 11) is 2.19. The van der Waals surface area contributed by atoms with Crippen LogP contribution in [0.5, 0.6) is 0 Å². The van der Waals surface area contributed by atoms with Crippen LogP contribution in [0.25, 0.3) is 0 Å². The summed E-state index contributed by atoms with van der Waals surface area (Å²) in [5.74, 6) is -1.19. The fourth-order valence-corrected chi connectivity index (χ4v) is 11.6. The average Bonchev–Trinajstić information content (AvgIpc) is 3.83. The number of allylic oxidation sites excluding steroid dienone is 4. The van der Waals surface area contributed by atoms with Gasteiger partial charge in [-0.1, -0.05) is 31.1 Å². The molecule has 2 spiro atoms. The van der Waals surface area contributed by atoms with Crippen molar-refractivity contribution in [3.63, 3.8) is 0 Å². The zero-order valence-corrected chi connectivity index (χ0v) is 30.2. The molecule has 13 nitrogen and oxygen atoms in total. The van der Waals surface area contributed by atoms with Crippen LogP contribution in [0.2, 0.25) is 0 Å². The number of carboxylic acid groups (broad SMARTS) is 1. The molecule has 0 aromatic carbocycles. The van der Waals surface area contributed by atoms with Crippen LogP contribution in [0.1, 0.15) is 58.8 Å². The number of carbonyl (C=O) groups is 2. The van der Waals surface area contributed by atoms with E-state index >= 15 is 0 Å². The van der Waals surface area contributed by atoms with E-state index in [2.05, 4.69) is 31.9 Å². The van der Waals surface area contributed by atoms with E-state index in [9.17, 15) is 35.1 Å². The lowest BCUT2D eigenvalue weighted by Crippen LogP contribution is -2.61. The van der Waals surface area contributed by atoms with E-state index in [1.807, 2.05) is 0 Å². The highest BCUT2D eigenvalue weighted by atomic mass is 16.8. The monoisotopic (exact) mass is 727 g/mol. The molecule has 3 fully saturated rings. The molecule has 1 saturated carbocycles. The van der Waals surface area contributed by atoms with Gasteiger partial charge >= 0.3 is 11.9 Å². The lowest BCUT2D eigenvalue weighted by molar-refractivity contribution is -0.340. The van der Waals surface area contributed by atoms with Crippen LogP contribution in [0.4, 0.5) is 0 Å². The number of hydrogen-bond acceptors (Lipinski definition) is 12. The Bertz CT molecular complexity index is 1590. The van der Waals surface area contributed by atoms with Gasteiger partial charge in [-0.25, -0.2) is 4.79 Å². The number of esters is 1. The number of carbonyl (C=O) groups excluding carboxylic acids is 1. The third-order valence-corrected chi connectivity index (χ3v) is 14.0. The van der Waals surface area contributed by atoms with Crippen LogP contribution in [0, 0.1) is 46.3 Å². The van der Waals surface area contributed by atoms with Crippen molar-refractivity contribution < 1.29 is 58.8 Å². The molecule has 8 aliphatic rings. The van der Waals surface area contributed by atoms with Crippen LogP contribution >= 0.6 is 0 Å². The molecule has 2 bridgehead atoms. The predicted octanol–water partition coefficient (Wildman–Crippen LogP) is 2.25. The molecule has 286 valence electrons. The van der Waals surface area contributed by atoms with E-state index < -0.39 is 54.8 Å². The number of rotatable bonds is 8. The quantitative estimate of drug-likeness (QED) is 0.181. The maximum absolute atomic E-state index is 14.2. The summed E-state index contributed by atoms with van der Waals surface area (Å²) in [6, 6.07) is 0. The normalized spacial score (nSPS) is 43.9. The summed E-state index contributed by atoms with van der Waals surface area (Å²) in [5, 5.41) is 52.3. The van der Waals surface area contributed by atoms with Crippen LogP contribution < -0.4 is 0 Å². The highest BCUT2D eigenvalue weighted by molar-refractivity contribution is 5.87. The predicted molar refractivity (Wildman–Crippen MR) is 183 cm³/mol. The van der Waals surface area contributed by atoms with Gasteiger partial charge in [0.05, 0.1) is 42.6 Å². The van der Waals surface area contributed by atoms with Gasteiger partial charge in [-0.3, -0.25) is 4.79 Å². The van der Waals surface area contributed by atoms with Crippen molar-refractivity contribution in [2.45, 2.75) is 95.8 Å². The second-order valence-electron chi connectivity index (χ2n) is 16.9. The van der Waals surface area contributed by atoms with E-state index in [0.29, 0.717) is 36.9 Å². The summed E-state index contributed by atoms with van der Waals surface area (Å²) in [5.41, 5.74) is 3.22. The molecule has 52 heavy (non-hydrogen) atoms. The van der Waals surface area contributed by atoms with Crippen LogP contribution in [-0.4, -0.2) is 119 Å². The number of carboxylic acids is 1. The SMILES string of the molecule is CC(C)C1=CCC2(CO1)[C@@H]1CCC3=C4[C@H](CC3)[C@H](C(=O)OC[C@H]3O[C@@H](O[C@@H]5OC=C(C(=O)O)[C@H]6CC=C(CO)[C@@H]56)[C@H](O)[C@@H](O)[C@@H]3O)C[C@@]42CN(C)C1. The molecule has 8 rings (SSSR count). The van der Waals surface area contributed by atoms with E-state index in [4.69, 9.17) is 23.7 Å². The number of aliphatic hydroxyl groups is 4. The molecule has 2 saturated heterocycles. The second kappa shape index (κ2) is 13.5. The lowest BCUT2D eigenvalue weighted by atomic mass is 9.51. The number of fused-ring (bicyclic) bond motifs is 1. The summed E-state index contributed by atoms with van der Waals surface area (Å²) < 4.78 is 30.2. The summed E-state index contributed by atoms with van der Waals surface area (Å²) in [4.78, 5) is 28.5. The lowest BCUT2D eigenvalue weighted by Gasteiger charge is -2.59. The van der Waals surface area contributed by atoms with Gasteiger partial charge in [-0.05, 0) is 75.5 Å². The number of aliphatic hydroxyl groups excluding tert-OH is 4. The fraction of sp³-hybridized carbons (Fsp3) is 0.744. The fourth-order valence-electron chi connectivity index (χ4n) is 11.6. The Hall–Kier alpha value is -2.78. The number of ether oxygens (including phenoxy) is 5. The molecule has 5 N–H and O–H groups in total. The molecule has 4 aliphatic carbocycles. The van der Waals surface area contributed by atoms with Crippen LogP contribution in [-0.2, 0) is 33.3 Å². The Kier molecular flexibility index (Phi) is 9.41. The highest BCUT2D eigenvalue weighted by Gasteiger charge is 2.69. The standard InChI is InChI=1S/C39H53NO12/c1-19(2)27-10-11-38(18-50-27)22-7-4-20-5-9-24-25(12-39(38,30(20)24)17-40(3)13-22)35(47)48-16-28-31(42)32(43)33(44)37(51-28)52-36-29-21(14-41)6-8-23(29)26(15-49-36)34(45)46/h6,10,15,19,22-25,28-29,31-33,36-37,41-44H,4-5,7-9,11-14,16-18H2,1-3H3,(H,45,46)/t22-,23-,24-,25-,28-,29-,31-,32+,33-,36+,37+,38?,39-/m1/s1. The Labute approximate surface area is 303 Å². The molecule has 13 heteroatoms. The van der Waals surface area contributed by atoms with Crippen LogP contribution in [0.15, 0.2) is 46.5 Å². The number of nitrogens with zero attached hydrogens (tertiary/aromatic N) is 1. The largest absolute Gasteiger partial charge is 0.497 e. The number of hydrogen-bond donors (Lipinski definition) is 5. The van der Waals surface area contributed by atoms with Gasteiger partial charge in [0.25, 0.3) is 0 Å². The minimum atomic E-state index is -1.69. The molecule has 4 aliphatic heterocycles. The van der Waals surface area contributed by atoms with E-state index in [1.165, 1.54) is 11.1 Å². The summed E-state index contributed by atoms with van der Waals surface area (Å²) in [6.07, 6.45) is 2.36. The molecule has 0 aromatic heterocycles. The maximum atomic E-state index is 14.2. The van der Waals surface area contributed by atoms with Crippen molar-refractivity contribution in [3.8, 4) is 0 Å². The maximum Gasteiger partial charge on any atom is 0.335 e. The van der Waals surface area contributed by atoms with Crippen molar-refractivity contribution in [2.75, 3.05) is 40.0 Å². The van der Waals surface area contributed by atoms with Gasteiger partial charge in [0.2, 0.25) is 6.29 Å². The first-order valence-corrected chi connectivity index (χ1v) is 19.0. The van der Waals surface area contributed by atoms with Crippen molar-refractivity contribution >= 4 is 11.9 Å². The third-order valence-electron chi connectivity index (χ3n) is 14.0. The molecule has 1 unspecified atom stereocenters. The molecular weight excluding hydrogens is 674 g/mol. The number of piperidine rings is 1. The molecule has 0 radical (unpaired) electrons. The van der Waals surface area contributed by atoms with Gasteiger partial charge in [-0.15, -0.1) is 0 Å². The zero-order chi connectivity index (χ0) is 36.7. The number of aliphatic carboxylic acids is 1. The van der Waals surface area contributed by atoms with Crippen molar-refractivity contribution in [1.82, 2.24) is 4.90 Å². The smallest absolute Gasteiger partial charge is 0.335 e. The molecular formula is C39H53NO12. The Morgan fingerprint density at radius 2 is 1.85 bits per heavy atom. The molecule has 0 aromatic rings. The van der Waals surface area contributed by atoms with Crippen molar-refractivity contribution in [1.29, 1.82) is 0 Å². The van der Waals surface area contributed by atoms with Gasteiger partial charge in [0.15, 0.2) is 6.29 Å². The molecule has 0 amide bonds. The second-order valence-corrected chi connectivity index (χ2v) is 16.9. The topological polar surface area (TPSA) is 185 Å². The summed E-state index contributed by atoms with van der Waals surface area (Å²) >= 11 is 0. The van der Waals surface area contributed by atoms with Crippen molar-refractivity contribution in [2.24, 2.45) is 46.3 Å². The minimum Gasteiger partial charge on any atom is -0.497 e. The van der Waals surface area contributed by atoms with Crippen molar-refractivity contribution in [3.05, 3.63) is 46.5 Å². The minimum absolute atomic E-state index is 0.0380. The van der Waals surface area contributed by atoms with E-state index in [1.54, 1.807) is 6.08 Å². The van der Waals surface area contributed by atoms with Crippen LogP contribution in [0.3, 0.4) is 0 Å². The van der Waals surface area contributed by atoms with Gasteiger partial charge in [0.1, 0.15) is 31.0 Å². The first-order valence-electron chi connectivity index (χ1n) is 19.0. The Morgan fingerprint density at radius 1 is 1.06 bits per heavy atom. The van der Waals surface area contributed by atoms with E-state index in [0.717, 1.165) is 57.2 Å². The number of likely N-dealkylation sites (tertiary alicyclic amines) is 1. The first kappa shape index (κ1) is 36.2. The Balaban J connectivity index is 0.997. The zero-order valence-electron chi connectivity index (χ0n) is 30.2. The third kappa shape index (κ3) is 5.52. The van der Waals surface area contributed by atoms with Gasteiger partial charge in [-0.2, -0.15) is 0 Å². The average molecular weight is 728 g/mol. The van der Waals surface area contributed by atoms with Gasteiger partial charge < -0.3 is 54.1 Å². The Morgan fingerprint density at radius 3 is 2.56 bits per heavy atom. The molecule has 13 atom stereocenters. The first-order chi connectivity index (χ1) is 24.9. The van der Waals surface area contributed by atoms with Gasteiger partial charge in [0, 0.05) is 35.8 Å². The van der Waals surface area contributed by atoms with E-state index in [-0.39, 0.29) is 47.4 Å². The molecule has 4 heterocycles. The summed E-state index contributed by atoms with van der Waals surface area (Å²) in [6.45, 7) is 6.14. The highest BCUT2D eigenvalue weighted by Crippen LogP contribution is 2.71.